The van der Waals surface area contributed by atoms with Crippen molar-refractivity contribution in [3.8, 4) is 0 Å². The van der Waals surface area contributed by atoms with Crippen molar-refractivity contribution in [2.75, 3.05) is 4.90 Å². The van der Waals surface area contributed by atoms with Crippen molar-refractivity contribution in [1.29, 1.82) is 0 Å². The molecule has 0 saturated carbocycles. The smallest absolute Gasteiger partial charge is 0.0776 e. The zero-order chi connectivity index (χ0) is 49.3. The minimum atomic E-state index is -1.47. The van der Waals surface area contributed by atoms with E-state index in [1.165, 1.54) is 33.4 Å². The Hall–Kier alpha value is -4.36. The van der Waals surface area contributed by atoms with Gasteiger partial charge in [0.2, 0.25) is 0 Å². The van der Waals surface area contributed by atoms with E-state index in [1.54, 1.807) is 31.1 Å². The van der Waals surface area contributed by atoms with Crippen LogP contribution in [0, 0.1) is 0 Å². The Morgan fingerprint density at radius 1 is 0.224 bits per heavy atom. The second-order valence-corrected chi connectivity index (χ2v) is 55.6. The van der Waals surface area contributed by atoms with Crippen LogP contribution in [0.25, 0.3) is 36.5 Å². The molecule has 0 amide bonds. The summed E-state index contributed by atoms with van der Waals surface area (Å²) in [5.41, 5.74) is 10.9. The van der Waals surface area contributed by atoms with Gasteiger partial charge in [0.1, 0.15) is 0 Å². The van der Waals surface area contributed by atoms with Gasteiger partial charge >= 0.3 is 0 Å². The molecule has 350 valence electrons. The lowest BCUT2D eigenvalue weighted by Gasteiger charge is -2.26. The first kappa shape index (κ1) is 52.0. The number of nitrogens with zero attached hydrogens (tertiary/aromatic N) is 1. The van der Waals surface area contributed by atoms with Gasteiger partial charge in [-0.1, -0.05) is 276 Å². The van der Waals surface area contributed by atoms with Gasteiger partial charge in [0.05, 0.1) is 48.4 Å². The van der Waals surface area contributed by atoms with E-state index in [2.05, 4.69) is 287 Å². The van der Waals surface area contributed by atoms with Crippen LogP contribution in [-0.2, 0) is 0 Å². The lowest BCUT2D eigenvalue weighted by atomic mass is 10.1. The number of benzene rings is 6. The van der Waals surface area contributed by atoms with Crippen LogP contribution >= 0.6 is 0 Å². The average Bonchev–Trinajstić information content (AvgIpc) is 3.23. The molecule has 7 heteroatoms. The molecule has 0 N–H and O–H groups in total. The van der Waals surface area contributed by atoms with E-state index in [1.807, 2.05) is 0 Å². The van der Waals surface area contributed by atoms with Crippen LogP contribution in [0.3, 0.4) is 0 Å². The molecule has 0 spiro atoms. The van der Waals surface area contributed by atoms with Crippen LogP contribution in [0.15, 0.2) is 127 Å². The normalized spacial score (nSPS) is 13.3. The minimum Gasteiger partial charge on any atom is -0.311 e. The molecule has 0 fully saturated rings. The van der Waals surface area contributed by atoms with Gasteiger partial charge in [-0.3, -0.25) is 0 Å². The predicted octanol–water partition coefficient (Wildman–Crippen LogP) is 14.9. The molecule has 0 aliphatic heterocycles. The van der Waals surface area contributed by atoms with Gasteiger partial charge in [0, 0.05) is 17.1 Å². The third-order valence-electron chi connectivity index (χ3n) is 12.9. The van der Waals surface area contributed by atoms with Crippen molar-refractivity contribution >= 4 is 133 Å². The van der Waals surface area contributed by atoms with Gasteiger partial charge in [-0.25, -0.2) is 0 Å². The first-order valence-electron chi connectivity index (χ1n) is 24.6. The number of hydrogen-bond acceptors (Lipinski definition) is 1. The SMILES string of the molecule is C[Si](C)(C)c1cc(C=Cc2ccc(N(c3ccc(C=Cc4cc([Si](C)(C)C)cc([Si](C)(C)C)c4)cc3)c3ccc(C=Cc4cc([Si](C)(C)C)cc([Si](C)(C)C)c4)cc3)cc2)cc([Si](C)(C)C)c1. The van der Waals surface area contributed by atoms with Crippen LogP contribution in [0.2, 0.25) is 118 Å². The summed E-state index contributed by atoms with van der Waals surface area (Å²) < 4.78 is 0. The summed E-state index contributed by atoms with van der Waals surface area (Å²) >= 11 is 0. The van der Waals surface area contributed by atoms with Crippen LogP contribution in [0.5, 0.6) is 0 Å². The number of anilines is 3. The Morgan fingerprint density at radius 3 is 0.552 bits per heavy atom. The molecule has 67 heavy (non-hydrogen) atoms. The van der Waals surface area contributed by atoms with E-state index in [9.17, 15) is 0 Å². The molecule has 0 heterocycles. The first-order valence-corrected chi connectivity index (χ1v) is 45.6. The van der Waals surface area contributed by atoms with E-state index in [4.69, 9.17) is 0 Å². The highest BCUT2D eigenvalue weighted by Gasteiger charge is 2.25. The molecule has 6 aromatic rings. The summed E-state index contributed by atoms with van der Waals surface area (Å²) in [6.45, 7) is 44.2. The molecular formula is C60H81NSi6. The Bertz CT molecular complexity index is 2350. The van der Waals surface area contributed by atoms with E-state index >= 15 is 0 Å². The summed E-state index contributed by atoms with van der Waals surface area (Å²) in [4.78, 5) is 2.39. The summed E-state index contributed by atoms with van der Waals surface area (Å²) in [6.07, 6.45) is 13.8. The van der Waals surface area contributed by atoms with Crippen molar-refractivity contribution in [3.63, 3.8) is 0 Å². The number of rotatable bonds is 15. The second kappa shape index (κ2) is 19.9. The van der Waals surface area contributed by atoms with E-state index in [-0.39, 0.29) is 0 Å². The van der Waals surface area contributed by atoms with Crippen LogP contribution in [0.4, 0.5) is 17.1 Å². The quantitative estimate of drug-likeness (QED) is 0.0732. The molecule has 0 radical (unpaired) electrons. The maximum absolute atomic E-state index is 2.51. The van der Waals surface area contributed by atoms with Crippen molar-refractivity contribution in [1.82, 2.24) is 0 Å². The topological polar surface area (TPSA) is 3.24 Å². The maximum Gasteiger partial charge on any atom is 0.0776 e. The van der Waals surface area contributed by atoms with Crippen molar-refractivity contribution in [3.05, 3.63) is 161 Å². The Balaban J connectivity index is 1.34. The van der Waals surface area contributed by atoms with Crippen LogP contribution in [0.1, 0.15) is 33.4 Å². The number of hydrogen-bond donors (Lipinski definition) is 0. The van der Waals surface area contributed by atoms with Gasteiger partial charge < -0.3 is 4.90 Å². The fourth-order valence-electron chi connectivity index (χ4n) is 8.07. The average molecular weight is 985 g/mol. The van der Waals surface area contributed by atoms with E-state index in [0.29, 0.717) is 0 Å². The lowest BCUT2D eigenvalue weighted by molar-refractivity contribution is 1.28. The van der Waals surface area contributed by atoms with Crippen molar-refractivity contribution < 1.29 is 0 Å². The molecule has 0 atom stereocenters. The fourth-order valence-corrected chi connectivity index (χ4v) is 15.6. The van der Waals surface area contributed by atoms with E-state index in [0.717, 1.165) is 17.1 Å². The van der Waals surface area contributed by atoms with Gasteiger partial charge in [-0.15, -0.1) is 0 Å². The molecule has 0 aliphatic carbocycles. The Kier molecular flexibility index (Phi) is 15.5. The van der Waals surface area contributed by atoms with Gasteiger partial charge in [0.25, 0.3) is 0 Å². The highest BCUT2D eigenvalue weighted by molar-refractivity contribution is 6.93. The summed E-state index contributed by atoms with van der Waals surface area (Å²) in [5, 5.41) is 9.26. The molecule has 0 aliphatic rings. The Labute approximate surface area is 413 Å². The molecule has 0 saturated heterocycles. The Morgan fingerprint density at radius 2 is 0.388 bits per heavy atom. The maximum atomic E-state index is 2.51. The van der Waals surface area contributed by atoms with Crippen LogP contribution in [-0.4, -0.2) is 48.4 Å². The molecule has 6 rings (SSSR count). The first-order chi connectivity index (χ1) is 30.9. The zero-order valence-corrected chi connectivity index (χ0v) is 50.5. The van der Waals surface area contributed by atoms with Crippen molar-refractivity contribution in [2.24, 2.45) is 0 Å². The van der Waals surface area contributed by atoms with Gasteiger partial charge in [0.15, 0.2) is 0 Å². The predicted molar refractivity (Wildman–Crippen MR) is 325 cm³/mol. The van der Waals surface area contributed by atoms with Crippen molar-refractivity contribution in [2.45, 2.75) is 118 Å². The molecule has 0 unspecified atom stereocenters. The molecule has 1 nitrogen and oxygen atoms in total. The summed E-state index contributed by atoms with van der Waals surface area (Å²) in [7, 11) is -8.82. The van der Waals surface area contributed by atoms with Crippen LogP contribution < -0.4 is 36.0 Å². The zero-order valence-electron chi connectivity index (χ0n) is 44.5. The van der Waals surface area contributed by atoms with E-state index < -0.39 is 48.4 Å². The van der Waals surface area contributed by atoms with Gasteiger partial charge in [-0.05, 0) is 69.8 Å². The third-order valence-corrected chi connectivity index (χ3v) is 25.0. The molecule has 0 bridgehead atoms. The monoisotopic (exact) mass is 983 g/mol. The highest BCUT2D eigenvalue weighted by atomic mass is 28.3. The largest absolute Gasteiger partial charge is 0.311 e. The molecule has 0 aromatic heterocycles. The summed E-state index contributed by atoms with van der Waals surface area (Å²) in [5.74, 6) is 0. The highest BCUT2D eigenvalue weighted by Crippen LogP contribution is 2.35. The standard InChI is InChI=1S/C60H81NSi6/c1-62(2,3)55-37-49(38-56(43-55)63(4,5)6)22-19-46-25-31-52(32-26-46)61(53-33-27-47(28-34-53)20-23-50-39-57(64(7,8)9)44-58(40-50)65(10,11)12)54-35-29-48(30-36-54)21-24-51-41-59(66(13,14)15)45-60(42-51)67(16,17)18/h19-45H,1-18H3. The second-order valence-electron chi connectivity index (χ2n) is 25.1. The third kappa shape index (κ3) is 14.1. The molecule has 6 aromatic carbocycles. The fraction of sp³-hybridized carbons (Fsp3) is 0.300. The minimum absolute atomic E-state index is 1.13. The van der Waals surface area contributed by atoms with Gasteiger partial charge in [-0.2, -0.15) is 0 Å². The molecular weight excluding hydrogens is 903 g/mol. The lowest BCUT2D eigenvalue weighted by Crippen LogP contribution is -2.45. The summed E-state index contributed by atoms with van der Waals surface area (Å²) in [6, 6.07) is 49.4.